The van der Waals surface area contributed by atoms with Gasteiger partial charge in [-0.2, -0.15) is 0 Å². The van der Waals surface area contributed by atoms with Gasteiger partial charge in [0.15, 0.2) is 0 Å². The molecule has 0 heterocycles. The summed E-state index contributed by atoms with van der Waals surface area (Å²) in [6.07, 6.45) is 2.26. The first-order valence-electron chi connectivity index (χ1n) is 8.29. The summed E-state index contributed by atoms with van der Waals surface area (Å²) in [5.74, 6) is 0.933. The molecule has 2 aromatic carbocycles. The van der Waals surface area contributed by atoms with Gasteiger partial charge in [-0.15, -0.1) is 0 Å². The van der Waals surface area contributed by atoms with Crippen molar-refractivity contribution in [2.24, 2.45) is 0 Å². The molecule has 0 spiro atoms. The van der Waals surface area contributed by atoms with Crippen molar-refractivity contribution in [1.82, 2.24) is 5.32 Å². The van der Waals surface area contributed by atoms with Crippen molar-refractivity contribution in [3.63, 3.8) is 0 Å². The average Bonchev–Trinajstić information content (AvgIpc) is 2.52. The first-order chi connectivity index (χ1) is 11.1. The van der Waals surface area contributed by atoms with Crippen LogP contribution in [0.5, 0.6) is 5.75 Å². The highest BCUT2D eigenvalue weighted by molar-refractivity contribution is 6.31. The number of ether oxygens (including phenoxy) is 1. The molecule has 0 saturated carbocycles. The Hall–Kier alpha value is -1.51. The van der Waals surface area contributed by atoms with Gasteiger partial charge in [0.25, 0.3) is 0 Å². The van der Waals surface area contributed by atoms with Crippen LogP contribution >= 0.6 is 11.6 Å². The van der Waals surface area contributed by atoms with E-state index < -0.39 is 0 Å². The van der Waals surface area contributed by atoms with Gasteiger partial charge >= 0.3 is 0 Å². The van der Waals surface area contributed by atoms with E-state index in [1.54, 1.807) is 0 Å². The molecular formula is C20H26ClNO. The Bertz CT molecular complexity index is 612. The topological polar surface area (TPSA) is 21.3 Å². The van der Waals surface area contributed by atoms with E-state index in [0.29, 0.717) is 6.04 Å². The smallest absolute Gasteiger partial charge is 0.120 e. The van der Waals surface area contributed by atoms with Crippen molar-refractivity contribution in [3.05, 3.63) is 64.7 Å². The fourth-order valence-electron chi connectivity index (χ4n) is 2.55. The Balaban J connectivity index is 1.80. The third-order valence-electron chi connectivity index (χ3n) is 3.76. The molecule has 2 aromatic rings. The highest BCUT2D eigenvalue weighted by Gasteiger charge is 2.07. The van der Waals surface area contributed by atoms with Crippen LogP contribution in [0.15, 0.2) is 48.5 Å². The van der Waals surface area contributed by atoms with Gasteiger partial charge in [-0.1, -0.05) is 41.9 Å². The summed E-state index contributed by atoms with van der Waals surface area (Å²) in [6.45, 7) is 7.23. The molecule has 124 valence electrons. The molecule has 0 aliphatic rings. The quantitative estimate of drug-likeness (QED) is 0.653. The molecule has 0 bridgehead atoms. The second-order valence-electron chi connectivity index (χ2n) is 6.11. The predicted molar refractivity (Wildman–Crippen MR) is 98.4 cm³/mol. The minimum Gasteiger partial charge on any atom is -0.491 e. The Morgan fingerprint density at radius 3 is 2.57 bits per heavy atom. The Kier molecular flexibility index (Phi) is 6.94. The molecule has 0 amide bonds. The molecule has 2 rings (SSSR count). The maximum absolute atomic E-state index is 6.19. The van der Waals surface area contributed by atoms with Crippen LogP contribution < -0.4 is 10.1 Å². The van der Waals surface area contributed by atoms with Crippen LogP contribution in [0.25, 0.3) is 0 Å². The zero-order valence-corrected chi connectivity index (χ0v) is 14.9. The van der Waals surface area contributed by atoms with Gasteiger partial charge in [-0.05, 0) is 69.5 Å². The lowest BCUT2D eigenvalue weighted by molar-refractivity contribution is 0.242. The number of aryl methyl sites for hydroxylation is 1. The first kappa shape index (κ1) is 17.8. The number of nitrogens with one attached hydrogen (secondary N) is 1. The van der Waals surface area contributed by atoms with Gasteiger partial charge in [0, 0.05) is 11.1 Å². The van der Waals surface area contributed by atoms with Crippen LogP contribution in [-0.4, -0.2) is 12.6 Å². The molecular weight excluding hydrogens is 306 g/mol. The number of rotatable bonds is 8. The monoisotopic (exact) mass is 331 g/mol. The SMILES string of the molecule is CC(C)Oc1cccc([C@@H](C)NCCCc2ccccc2Cl)c1. The van der Waals surface area contributed by atoms with E-state index in [0.717, 1.165) is 30.2 Å². The third kappa shape index (κ3) is 5.89. The van der Waals surface area contributed by atoms with Crippen LogP contribution in [0, 0.1) is 0 Å². The molecule has 0 aliphatic carbocycles. The minimum atomic E-state index is 0.198. The van der Waals surface area contributed by atoms with Gasteiger partial charge < -0.3 is 10.1 Å². The van der Waals surface area contributed by atoms with Crippen molar-refractivity contribution < 1.29 is 4.74 Å². The van der Waals surface area contributed by atoms with Crippen LogP contribution in [0.3, 0.4) is 0 Å². The Morgan fingerprint density at radius 2 is 1.83 bits per heavy atom. The van der Waals surface area contributed by atoms with Gasteiger partial charge in [0.2, 0.25) is 0 Å². The second-order valence-corrected chi connectivity index (χ2v) is 6.52. The minimum absolute atomic E-state index is 0.198. The van der Waals surface area contributed by atoms with Gasteiger partial charge in [-0.25, -0.2) is 0 Å². The normalized spacial score (nSPS) is 12.4. The lowest BCUT2D eigenvalue weighted by atomic mass is 10.1. The van der Waals surface area contributed by atoms with E-state index in [2.05, 4.69) is 36.5 Å². The predicted octanol–water partition coefficient (Wildman–Crippen LogP) is 5.41. The number of hydrogen-bond acceptors (Lipinski definition) is 2. The summed E-state index contributed by atoms with van der Waals surface area (Å²) in [7, 11) is 0. The van der Waals surface area contributed by atoms with Gasteiger partial charge in [-0.3, -0.25) is 0 Å². The summed E-state index contributed by atoms with van der Waals surface area (Å²) in [6, 6.07) is 16.7. The van der Waals surface area contributed by atoms with Crippen LogP contribution in [0.4, 0.5) is 0 Å². The van der Waals surface area contributed by atoms with Gasteiger partial charge in [0.05, 0.1) is 6.10 Å². The Labute approximate surface area is 144 Å². The van der Waals surface area contributed by atoms with E-state index in [9.17, 15) is 0 Å². The summed E-state index contributed by atoms with van der Waals surface area (Å²) < 4.78 is 5.76. The molecule has 3 heteroatoms. The van der Waals surface area contributed by atoms with Crippen molar-refractivity contribution >= 4 is 11.6 Å². The van der Waals surface area contributed by atoms with Crippen molar-refractivity contribution in [2.45, 2.75) is 45.8 Å². The molecule has 0 saturated heterocycles. The molecule has 1 N–H and O–H groups in total. The first-order valence-corrected chi connectivity index (χ1v) is 8.67. The standard InChI is InChI=1S/C20H26ClNO/c1-15(2)23-19-11-6-9-18(14-19)16(3)22-13-7-10-17-8-4-5-12-20(17)21/h4-6,8-9,11-12,14-16,22H,7,10,13H2,1-3H3/t16-/m1/s1. The average molecular weight is 332 g/mol. The van der Waals surface area contributed by atoms with E-state index in [1.807, 2.05) is 38.1 Å². The summed E-state index contributed by atoms with van der Waals surface area (Å²) in [5.41, 5.74) is 2.47. The third-order valence-corrected chi connectivity index (χ3v) is 4.13. The van der Waals surface area contributed by atoms with E-state index in [1.165, 1.54) is 11.1 Å². The maximum Gasteiger partial charge on any atom is 0.120 e. The zero-order chi connectivity index (χ0) is 16.7. The summed E-state index contributed by atoms with van der Waals surface area (Å²) in [5, 5.41) is 4.43. The van der Waals surface area contributed by atoms with Crippen LogP contribution in [0.1, 0.15) is 44.4 Å². The molecule has 0 unspecified atom stereocenters. The summed E-state index contributed by atoms with van der Waals surface area (Å²) >= 11 is 6.19. The van der Waals surface area contributed by atoms with E-state index in [4.69, 9.17) is 16.3 Å². The van der Waals surface area contributed by atoms with Crippen LogP contribution in [-0.2, 0) is 6.42 Å². The van der Waals surface area contributed by atoms with E-state index in [-0.39, 0.29) is 6.10 Å². The largest absolute Gasteiger partial charge is 0.491 e. The molecule has 0 fully saturated rings. The Morgan fingerprint density at radius 1 is 1.04 bits per heavy atom. The number of halogens is 1. The highest BCUT2D eigenvalue weighted by atomic mass is 35.5. The molecule has 0 aromatic heterocycles. The molecule has 23 heavy (non-hydrogen) atoms. The number of hydrogen-bond donors (Lipinski definition) is 1. The highest BCUT2D eigenvalue weighted by Crippen LogP contribution is 2.20. The van der Waals surface area contributed by atoms with Crippen LogP contribution in [0.2, 0.25) is 5.02 Å². The molecule has 0 aliphatic heterocycles. The molecule has 0 radical (unpaired) electrons. The van der Waals surface area contributed by atoms with Crippen molar-refractivity contribution in [1.29, 1.82) is 0 Å². The maximum atomic E-state index is 6.19. The van der Waals surface area contributed by atoms with Crippen molar-refractivity contribution in [2.75, 3.05) is 6.54 Å². The van der Waals surface area contributed by atoms with Gasteiger partial charge in [0.1, 0.15) is 5.75 Å². The number of benzene rings is 2. The molecule has 2 nitrogen and oxygen atoms in total. The second kappa shape index (κ2) is 8.95. The summed E-state index contributed by atoms with van der Waals surface area (Å²) in [4.78, 5) is 0. The lowest BCUT2D eigenvalue weighted by Gasteiger charge is -2.16. The molecule has 1 atom stereocenters. The fraction of sp³-hybridized carbons (Fsp3) is 0.400. The van der Waals surface area contributed by atoms with Crippen molar-refractivity contribution in [3.8, 4) is 5.75 Å². The lowest BCUT2D eigenvalue weighted by Crippen LogP contribution is -2.20. The van der Waals surface area contributed by atoms with E-state index >= 15 is 0 Å². The fourth-order valence-corrected chi connectivity index (χ4v) is 2.78. The zero-order valence-electron chi connectivity index (χ0n) is 14.2.